The van der Waals surface area contributed by atoms with Gasteiger partial charge in [-0.1, -0.05) is 37.3 Å². The molecule has 0 amide bonds. The van der Waals surface area contributed by atoms with Crippen molar-refractivity contribution >= 4 is 5.97 Å². The van der Waals surface area contributed by atoms with Crippen LogP contribution in [0.15, 0.2) is 30.3 Å². The third-order valence-electron chi connectivity index (χ3n) is 3.52. The maximum absolute atomic E-state index is 12.9. The molecule has 98 valence electrons. The highest BCUT2D eigenvalue weighted by Crippen LogP contribution is 2.54. The summed E-state index contributed by atoms with van der Waals surface area (Å²) in [6, 6.07) is 9.22. The monoisotopic (exact) mass is 254 g/mol. The summed E-state index contributed by atoms with van der Waals surface area (Å²) in [5, 5.41) is 0. The summed E-state index contributed by atoms with van der Waals surface area (Å²) < 4.78 is 31.0. The van der Waals surface area contributed by atoms with Crippen LogP contribution in [0.2, 0.25) is 0 Å². The van der Waals surface area contributed by atoms with E-state index in [0.717, 1.165) is 5.56 Å². The Morgan fingerprint density at radius 3 is 2.39 bits per heavy atom. The standard InChI is InChI=1S/C14H16F2O2/c1-2-13(9-14(15,16)10-13)12(17)18-8-11-6-4-3-5-7-11/h3-7H,2,8-10H2,1H3. The molecule has 2 rings (SSSR count). The normalized spacial score (nSPS) is 19.9. The number of benzene rings is 1. The Labute approximate surface area is 105 Å². The highest BCUT2D eigenvalue weighted by atomic mass is 19.3. The van der Waals surface area contributed by atoms with Crippen LogP contribution in [0.3, 0.4) is 0 Å². The predicted molar refractivity (Wildman–Crippen MR) is 63.1 cm³/mol. The van der Waals surface area contributed by atoms with Gasteiger partial charge in [-0.15, -0.1) is 0 Å². The average Bonchev–Trinajstić information content (AvgIpc) is 2.33. The van der Waals surface area contributed by atoms with Gasteiger partial charge in [0.2, 0.25) is 5.92 Å². The van der Waals surface area contributed by atoms with Crippen LogP contribution in [-0.2, 0) is 16.1 Å². The Bertz CT molecular complexity index is 421. The molecule has 0 aliphatic heterocycles. The minimum Gasteiger partial charge on any atom is -0.460 e. The topological polar surface area (TPSA) is 26.3 Å². The Balaban J connectivity index is 1.92. The Morgan fingerprint density at radius 1 is 1.28 bits per heavy atom. The molecule has 1 aliphatic carbocycles. The predicted octanol–water partition coefficient (Wildman–Crippen LogP) is 3.56. The van der Waals surface area contributed by atoms with E-state index in [4.69, 9.17) is 4.74 Å². The first-order valence-electron chi connectivity index (χ1n) is 6.06. The van der Waals surface area contributed by atoms with Crippen molar-refractivity contribution in [2.45, 2.75) is 38.7 Å². The summed E-state index contributed by atoms with van der Waals surface area (Å²) in [5.74, 6) is -3.21. The van der Waals surface area contributed by atoms with Crippen LogP contribution in [0.5, 0.6) is 0 Å². The van der Waals surface area contributed by atoms with E-state index in [0.29, 0.717) is 6.42 Å². The summed E-state index contributed by atoms with van der Waals surface area (Å²) in [5.41, 5.74) is -0.110. The van der Waals surface area contributed by atoms with E-state index in [2.05, 4.69) is 0 Å². The quantitative estimate of drug-likeness (QED) is 0.768. The van der Waals surface area contributed by atoms with Crippen LogP contribution >= 0.6 is 0 Å². The Morgan fingerprint density at radius 2 is 1.89 bits per heavy atom. The average molecular weight is 254 g/mol. The van der Waals surface area contributed by atoms with E-state index in [9.17, 15) is 13.6 Å². The molecule has 1 aromatic rings. The molecule has 0 heterocycles. The number of alkyl halides is 2. The number of halogens is 2. The van der Waals surface area contributed by atoms with Crippen molar-refractivity contribution in [1.82, 2.24) is 0 Å². The molecule has 0 spiro atoms. The van der Waals surface area contributed by atoms with Gasteiger partial charge in [0.05, 0.1) is 5.41 Å². The lowest BCUT2D eigenvalue weighted by Gasteiger charge is -2.44. The molecule has 1 saturated carbocycles. The highest BCUT2D eigenvalue weighted by molar-refractivity contribution is 5.78. The Hall–Kier alpha value is -1.45. The molecule has 1 aromatic carbocycles. The molecule has 0 unspecified atom stereocenters. The lowest BCUT2D eigenvalue weighted by molar-refractivity contribution is -0.200. The van der Waals surface area contributed by atoms with Crippen molar-refractivity contribution in [2.24, 2.45) is 5.41 Å². The number of carbonyl (C=O) groups is 1. The molecular weight excluding hydrogens is 238 g/mol. The molecule has 0 N–H and O–H groups in total. The molecule has 0 radical (unpaired) electrons. The molecule has 0 saturated heterocycles. The first-order chi connectivity index (χ1) is 8.47. The number of esters is 1. The van der Waals surface area contributed by atoms with Crippen LogP contribution in [0.1, 0.15) is 31.7 Å². The molecule has 2 nitrogen and oxygen atoms in total. The van der Waals surface area contributed by atoms with E-state index in [-0.39, 0.29) is 19.4 Å². The number of hydrogen-bond donors (Lipinski definition) is 0. The minimum absolute atomic E-state index is 0.146. The van der Waals surface area contributed by atoms with Gasteiger partial charge in [0.15, 0.2) is 0 Å². The van der Waals surface area contributed by atoms with E-state index >= 15 is 0 Å². The maximum atomic E-state index is 12.9. The van der Waals surface area contributed by atoms with Gasteiger partial charge < -0.3 is 4.74 Å². The van der Waals surface area contributed by atoms with E-state index in [1.54, 1.807) is 6.92 Å². The summed E-state index contributed by atoms with van der Waals surface area (Å²) in [6.07, 6.45) is -0.371. The fourth-order valence-electron chi connectivity index (χ4n) is 2.35. The van der Waals surface area contributed by atoms with Gasteiger partial charge in [-0.25, -0.2) is 8.78 Å². The Kier molecular flexibility index (Phi) is 3.37. The summed E-state index contributed by atoms with van der Waals surface area (Å²) in [6.45, 7) is 1.89. The third kappa shape index (κ3) is 2.52. The number of carbonyl (C=O) groups excluding carboxylic acids is 1. The van der Waals surface area contributed by atoms with Crippen LogP contribution in [0, 0.1) is 5.41 Å². The highest BCUT2D eigenvalue weighted by Gasteiger charge is 2.60. The first kappa shape index (κ1) is 13.0. The molecule has 18 heavy (non-hydrogen) atoms. The molecule has 0 aromatic heterocycles. The summed E-state index contributed by atoms with van der Waals surface area (Å²) in [7, 11) is 0. The van der Waals surface area contributed by atoms with Crippen LogP contribution in [-0.4, -0.2) is 11.9 Å². The van der Waals surface area contributed by atoms with Gasteiger partial charge in [-0.3, -0.25) is 4.79 Å². The van der Waals surface area contributed by atoms with Crippen molar-refractivity contribution in [3.63, 3.8) is 0 Å². The fraction of sp³-hybridized carbons (Fsp3) is 0.500. The molecular formula is C14H16F2O2. The van der Waals surface area contributed by atoms with Crippen molar-refractivity contribution in [3.8, 4) is 0 Å². The lowest BCUT2D eigenvalue weighted by Crippen LogP contribution is -2.51. The van der Waals surface area contributed by atoms with Crippen molar-refractivity contribution in [2.75, 3.05) is 0 Å². The minimum atomic E-state index is -2.71. The van der Waals surface area contributed by atoms with Gasteiger partial charge >= 0.3 is 5.97 Å². The fourth-order valence-corrected chi connectivity index (χ4v) is 2.35. The smallest absolute Gasteiger partial charge is 0.312 e. The second kappa shape index (κ2) is 4.67. The van der Waals surface area contributed by atoms with Crippen LogP contribution < -0.4 is 0 Å². The SMILES string of the molecule is CCC1(C(=O)OCc2ccccc2)CC(F)(F)C1. The second-order valence-electron chi connectivity index (χ2n) is 4.91. The molecule has 0 bridgehead atoms. The number of ether oxygens (including phenoxy) is 1. The van der Waals surface area contributed by atoms with Gasteiger partial charge in [0, 0.05) is 12.8 Å². The van der Waals surface area contributed by atoms with Gasteiger partial charge in [-0.2, -0.15) is 0 Å². The zero-order valence-corrected chi connectivity index (χ0v) is 10.3. The van der Waals surface area contributed by atoms with Gasteiger partial charge in [0.25, 0.3) is 0 Å². The summed E-state index contributed by atoms with van der Waals surface area (Å²) >= 11 is 0. The molecule has 4 heteroatoms. The number of hydrogen-bond acceptors (Lipinski definition) is 2. The van der Waals surface area contributed by atoms with E-state index < -0.39 is 17.3 Å². The second-order valence-corrected chi connectivity index (χ2v) is 4.91. The van der Waals surface area contributed by atoms with Crippen LogP contribution in [0.25, 0.3) is 0 Å². The number of rotatable bonds is 4. The largest absolute Gasteiger partial charge is 0.460 e. The molecule has 1 fully saturated rings. The third-order valence-corrected chi connectivity index (χ3v) is 3.52. The van der Waals surface area contributed by atoms with E-state index in [1.165, 1.54) is 0 Å². The maximum Gasteiger partial charge on any atom is 0.312 e. The van der Waals surface area contributed by atoms with Crippen molar-refractivity contribution < 1.29 is 18.3 Å². The zero-order valence-electron chi connectivity index (χ0n) is 10.3. The first-order valence-corrected chi connectivity index (χ1v) is 6.06. The molecule has 0 atom stereocenters. The van der Waals surface area contributed by atoms with Gasteiger partial charge in [0.1, 0.15) is 6.61 Å². The zero-order chi connectivity index (χ0) is 13.2. The molecule has 1 aliphatic rings. The van der Waals surface area contributed by atoms with Crippen molar-refractivity contribution in [3.05, 3.63) is 35.9 Å². The van der Waals surface area contributed by atoms with Crippen molar-refractivity contribution in [1.29, 1.82) is 0 Å². The summed E-state index contributed by atoms with van der Waals surface area (Å²) in [4.78, 5) is 11.9. The lowest BCUT2D eigenvalue weighted by atomic mass is 9.64. The van der Waals surface area contributed by atoms with Crippen LogP contribution in [0.4, 0.5) is 8.78 Å². The van der Waals surface area contributed by atoms with E-state index in [1.807, 2.05) is 30.3 Å². The van der Waals surface area contributed by atoms with Gasteiger partial charge in [-0.05, 0) is 12.0 Å².